The van der Waals surface area contributed by atoms with Gasteiger partial charge in [0.05, 0.1) is 10.6 Å². The fourth-order valence-corrected chi connectivity index (χ4v) is 1.93. The number of carboxylic acid groups (broad SMARTS) is 1. The van der Waals surface area contributed by atoms with Crippen LogP contribution in [0.1, 0.15) is 10.4 Å². The Morgan fingerprint density at radius 3 is 2.33 bits per heavy atom. The Bertz CT molecular complexity index is 626. The van der Waals surface area contributed by atoms with Crippen LogP contribution in [0.4, 0.5) is 8.78 Å². The van der Waals surface area contributed by atoms with Crippen LogP contribution in [0.15, 0.2) is 36.4 Å². The predicted molar refractivity (Wildman–Crippen MR) is 63.8 cm³/mol. The summed E-state index contributed by atoms with van der Waals surface area (Å²) in [4.78, 5) is 11.1. The van der Waals surface area contributed by atoms with Crippen molar-refractivity contribution in [2.45, 2.75) is 0 Å². The number of carboxylic acids is 1. The van der Waals surface area contributed by atoms with E-state index in [1.807, 2.05) is 0 Å². The van der Waals surface area contributed by atoms with Crippen LogP contribution >= 0.6 is 11.6 Å². The van der Waals surface area contributed by atoms with Gasteiger partial charge in [-0.2, -0.15) is 0 Å². The number of benzene rings is 2. The van der Waals surface area contributed by atoms with Crippen molar-refractivity contribution in [2.75, 3.05) is 0 Å². The van der Waals surface area contributed by atoms with Crippen molar-refractivity contribution >= 4 is 17.6 Å². The Labute approximate surface area is 106 Å². The van der Waals surface area contributed by atoms with Crippen LogP contribution in [0, 0.1) is 11.6 Å². The molecular weight excluding hydrogens is 262 g/mol. The Morgan fingerprint density at radius 1 is 1.06 bits per heavy atom. The lowest BCUT2D eigenvalue weighted by atomic mass is 9.99. The second kappa shape index (κ2) is 4.74. The van der Waals surface area contributed by atoms with Crippen molar-refractivity contribution in [3.8, 4) is 11.1 Å². The van der Waals surface area contributed by atoms with Gasteiger partial charge in [0, 0.05) is 11.1 Å². The van der Waals surface area contributed by atoms with E-state index in [9.17, 15) is 13.6 Å². The van der Waals surface area contributed by atoms with Gasteiger partial charge >= 0.3 is 5.97 Å². The molecule has 0 fully saturated rings. The van der Waals surface area contributed by atoms with E-state index in [0.29, 0.717) is 0 Å². The van der Waals surface area contributed by atoms with Crippen LogP contribution in [0.2, 0.25) is 5.02 Å². The van der Waals surface area contributed by atoms with Crippen LogP contribution in [0.25, 0.3) is 11.1 Å². The van der Waals surface area contributed by atoms with E-state index in [0.717, 1.165) is 6.07 Å². The molecule has 0 atom stereocenters. The molecule has 0 unspecified atom stereocenters. The molecule has 0 aliphatic rings. The molecule has 0 saturated heterocycles. The second-order valence-electron chi connectivity index (χ2n) is 3.57. The third kappa shape index (κ3) is 2.07. The molecule has 0 heterocycles. The molecule has 0 aliphatic heterocycles. The fourth-order valence-electron chi connectivity index (χ4n) is 1.68. The van der Waals surface area contributed by atoms with Crippen molar-refractivity contribution in [3.05, 3.63) is 58.6 Å². The number of rotatable bonds is 2. The van der Waals surface area contributed by atoms with Crippen molar-refractivity contribution < 1.29 is 18.7 Å². The summed E-state index contributed by atoms with van der Waals surface area (Å²) in [7, 11) is 0. The summed E-state index contributed by atoms with van der Waals surface area (Å²) in [6.45, 7) is 0. The van der Waals surface area contributed by atoms with Crippen LogP contribution in [0.5, 0.6) is 0 Å². The Morgan fingerprint density at radius 2 is 1.67 bits per heavy atom. The predicted octanol–water partition coefficient (Wildman–Crippen LogP) is 3.98. The van der Waals surface area contributed by atoms with Crippen LogP contribution in [-0.2, 0) is 0 Å². The van der Waals surface area contributed by atoms with E-state index in [2.05, 4.69) is 0 Å². The van der Waals surface area contributed by atoms with E-state index >= 15 is 0 Å². The topological polar surface area (TPSA) is 37.3 Å². The van der Waals surface area contributed by atoms with Crippen LogP contribution < -0.4 is 0 Å². The molecule has 2 aromatic carbocycles. The van der Waals surface area contributed by atoms with Crippen molar-refractivity contribution in [1.82, 2.24) is 0 Å². The van der Waals surface area contributed by atoms with Gasteiger partial charge in [-0.1, -0.05) is 35.9 Å². The van der Waals surface area contributed by atoms with Crippen LogP contribution in [-0.4, -0.2) is 11.1 Å². The standard InChI is InChI=1S/C13H7ClF2O2/c14-9-5-1-3-7(11(9)13(17)18)8-4-2-6-10(15)12(8)16/h1-6H,(H,17,18). The lowest BCUT2D eigenvalue weighted by Gasteiger charge is -2.09. The number of hydrogen-bond donors (Lipinski definition) is 1. The van der Waals surface area contributed by atoms with Crippen LogP contribution in [0.3, 0.4) is 0 Å². The van der Waals surface area contributed by atoms with Crippen molar-refractivity contribution in [3.63, 3.8) is 0 Å². The van der Waals surface area contributed by atoms with Crippen molar-refractivity contribution in [1.29, 1.82) is 0 Å². The van der Waals surface area contributed by atoms with Gasteiger partial charge in [-0.25, -0.2) is 13.6 Å². The van der Waals surface area contributed by atoms with Gasteiger partial charge in [0.1, 0.15) is 0 Å². The number of carbonyl (C=O) groups is 1. The molecule has 0 spiro atoms. The minimum absolute atomic E-state index is 0.0244. The highest BCUT2D eigenvalue weighted by Gasteiger charge is 2.19. The summed E-state index contributed by atoms with van der Waals surface area (Å²) >= 11 is 5.77. The lowest BCUT2D eigenvalue weighted by molar-refractivity contribution is 0.0698. The number of halogens is 3. The van der Waals surface area contributed by atoms with E-state index < -0.39 is 17.6 Å². The summed E-state index contributed by atoms with van der Waals surface area (Å²) in [6.07, 6.45) is 0. The molecule has 0 radical (unpaired) electrons. The summed E-state index contributed by atoms with van der Waals surface area (Å²) in [6, 6.07) is 7.81. The zero-order chi connectivity index (χ0) is 13.3. The summed E-state index contributed by atoms with van der Waals surface area (Å²) in [5.74, 6) is -3.43. The highest BCUT2D eigenvalue weighted by molar-refractivity contribution is 6.34. The molecule has 0 saturated carbocycles. The molecule has 2 nitrogen and oxygen atoms in total. The highest BCUT2D eigenvalue weighted by Crippen LogP contribution is 2.31. The molecule has 2 rings (SSSR count). The maximum Gasteiger partial charge on any atom is 0.337 e. The van der Waals surface area contributed by atoms with Gasteiger partial charge in [-0.3, -0.25) is 0 Å². The smallest absolute Gasteiger partial charge is 0.337 e. The maximum atomic E-state index is 13.7. The molecule has 0 aromatic heterocycles. The van der Waals surface area contributed by atoms with Gasteiger partial charge in [-0.15, -0.1) is 0 Å². The molecule has 2 aromatic rings. The van der Waals surface area contributed by atoms with Gasteiger partial charge in [0.2, 0.25) is 0 Å². The SMILES string of the molecule is O=C(O)c1c(Cl)cccc1-c1cccc(F)c1F. The van der Waals surface area contributed by atoms with E-state index in [-0.39, 0.29) is 21.7 Å². The van der Waals surface area contributed by atoms with Gasteiger partial charge in [0.25, 0.3) is 0 Å². The first-order valence-electron chi connectivity index (χ1n) is 4.98. The van der Waals surface area contributed by atoms with Gasteiger partial charge in [0.15, 0.2) is 11.6 Å². The summed E-state index contributed by atoms with van der Waals surface area (Å²) in [5.41, 5.74) is -0.328. The third-order valence-corrected chi connectivity index (χ3v) is 2.78. The first-order chi connectivity index (χ1) is 8.52. The third-order valence-electron chi connectivity index (χ3n) is 2.47. The Kier molecular flexibility index (Phi) is 3.30. The largest absolute Gasteiger partial charge is 0.478 e. The normalized spacial score (nSPS) is 10.4. The second-order valence-corrected chi connectivity index (χ2v) is 3.98. The maximum absolute atomic E-state index is 13.7. The number of hydrogen-bond acceptors (Lipinski definition) is 1. The summed E-state index contributed by atoms with van der Waals surface area (Å²) < 4.78 is 26.8. The Hall–Kier alpha value is -1.94. The molecule has 5 heteroatoms. The van der Waals surface area contributed by atoms with E-state index in [4.69, 9.17) is 16.7 Å². The zero-order valence-electron chi connectivity index (χ0n) is 8.95. The highest BCUT2D eigenvalue weighted by atomic mass is 35.5. The van der Waals surface area contributed by atoms with Gasteiger partial charge < -0.3 is 5.11 Å². The average Bonchev–Trinajstić information content (AvgIpc) is 2.32. The first-order valence-corrected chi connectivity index (χ1v) is 5.36. The first kappa shape index (κ1) is 12.5. The molecule has 0 amide bonds. The zero-order valence-corrected chi connectivity index (χ0v) is 9.71. The van der Waals surface area contributed by atoms with E-state index in [1.165, 1.54) is 30.3 Å². The minimum Gasteiger partial charge on any atom is -0.478 e. The molecule has 0 bridgehead atoms. The molecule has 1 N–H and O–H groups in total. The quantitative estimate of drug-likeness (QED) is 0.894. The van der Waals surface area contributed by atoms with Gasteiger partial charge in [-0.05, 0) is 12.1 Å². The fraction of sp³-hybridized carbons (Fsp3) is 0. The molecule has 0 aliphatic carbocycles. The lowest BCUT2D eigenvalue weighted by Crippen LogP contribution is -2.02. The van der Waals surface area contributed by atoms with Crippen molar-refractivity contribution in [2.24, 2.45) is 0 Å². The summed E-state index contributed by atoms with van der Waals surface area (Å²) in [5, 5.41) is 9.04. The Balaban J connectivity index is 2.75. The average molecular weight is 269 g/mol. The monoisotopic (exact) mass is 268 g/mol. The minimum atomic E-state index is -1.29. The molecule has 18 heavy (non-hydrogen) atoms. The molecular formula is C13H7ClF2O2. The molecule has 92 valence electrons. The van der Waals surface area contributed by atoms with E-state index in [1.54, 1.807) is 0 Å². The number of aromatic carboxylic acids is 1.